The molecule has 1 amide bonds. The van der Waals surface area contributed by atoms with Gasteiger partial charge in [-0.3, -0.25) is 9.69 Å². The molecule has 1 aliphatic heterocycles. The Morgan fingerprint density at radius 1 is 1.00 bits per heavy atom. The molecule has 0 atom stereocenters. The van der Waals surface area contributed by atoms with Crippen LogP contribution >= 0.6 is 24.0 Å². The minimum atomic E-state index is -0.120. The third-order valence-electron chi connectivity index (χ3n) is 4.08. The number of thiocarbonyl (C=S) groups is 1. The van der Waals surface area contributed by atoms with Gasteiger partial charge in [0.25, 0.3) is 5.91 Å². The normalized spacial score (nSPS) is 15.4. The predicted molar refractivity (Wildman–Crippen MR) is 111 cm³/mol. The molecule has 3 rings (SSSR count). The lowest BCUT2D eigenvalue weighted by Gasteiger charge is -2.14. The Kier molecular flexibility index (Phi) is 6.03. The first-order chi connectivity index (χ1) is 13.1. The lowest BCUT2D eigenvalue weighted by atomic mass is 10.1. The summed E-state index contributed by atoms with van der Waals surface area (Å²) in [6.45, 7) is 0.450. The van der Waals surface area contributed by atoms with Crippen molar-refractivity contribution in [3.63, 3.8) is 0 Å². The molecular formula is C20H19NO4S2. The number of carbonyl (C=O) groups is 1. The van der Waals surface area contributed by atoms with Gasteiger partial charge < -0.3 is 14.2 Å². The van der Waals surface area contributed by atoms with E-state index in [1.807, 2.05) is 30.3 Å². The van der Waals surface area contributed by atoms with Crippen molar-refractivity contribution in [2.75, 3.05) is 21.3 Å². The lowest BCUT2D eigenvalue weighted by Crippen LogP contribution is -2.27. The summed E-state index contributed by atoms with van der Waals surface area (Å²) in [5, 5.41) is 0. The summed E-state index contributed by atoms with van der Waals surface area (Å²) in [5.41, 5.74) is 1.74. The van der Waals surface area contributed by atoms with Crippen molar-refractivity contribution in [2.24, 2.45) is 0 Å². The van der Waals surface area contributed by atoms with Gasteiger partial charge in [0, 0.05) is 11.6 Å². The van der Waals surface area contributed by atoms with Gasteiger partial charge in [0.05, 0.1) is 32.8 Å². The molecule has 7 heteroatoms. The van der Waals surface area contributed by atoms with Crippen LogP contribution in [0.1, 0.15) is 11.1 Å². The first kappa shape index (κ1) is 19.3. The minimum Gasteiger partial charge on any atom is -0.496 e. The second-order valence-corrected chi connectivity index (χ2v) is 7.38. The van der Waals surface area contributed by atoms with Crippen LogP contribution in [0.4, 0.5) is 0 Å². The fraction of sp³-hybridized carbons (Fsp3) is 0.200. The van der Waals surface area contributed by atoms with Crippen molar-refractivity contribution in [2.45, 2.75) is 6.54 Å². The van der Waals surface area contributed by atoms with E-state index in [0.717, 1.165) is 11.1 Å². The Bertz CT molecular complexity index is 896. The van der Waals surface area contributed by atoms with Gasteiger partial charge in [0.1, 0.15) is 10.1 Å². The molecule has 0 saturated carbocycles. The van der Waals surface area contributed by atoms with Crippen LogP contribution in [0.5, 0.6) is 17.2 Å². The molecule has 27 heavy (non-hydrogen) atoms. The van der Waals surface area contributed by atoms with Crippen LogP contribution in [-0.2, 0) is 11.3 Å². The molecule has 0 spiro atoms. The summed E-state index contributed by atoms with van der Waals surface area (Å²) in [6, 6.07) is 13.3. The van der Waals surface area contributed by atoms with Gasteiger partial charge in [-0.1, -0.05) is 54.3 Å². The maximum Gasteiger partial charge on any atom is 0.266 e. The summed E-state index contributed by atoms with van der Waals surface area (Å²) in [6.07, 6.45) is 1.77. The van der Waals surface area contributed by atoms with E-state index in [1.165, 1.54) is 11.8 Å². The zero-order valence-electron chi connectivity index (χ0n) is 15.2. The number of amides is 1. The van der Waals surface area contributed by atoms with E-state index in [2.05, 4.69) is 0 Å². The second-order valence-electron chi connectivity index (χ2n) is 5.70. The summed E-state index contributed by atoms with van der Waals surface area (Å²) in [5.74, 6) is 1.58. The molecule has 2 aromatic carbocycles. The molecule has 0 radical (unpaired) electrons. The number of rotatable bonds is 6. The predicted octanol–water partition coefficient (Wildman–Crippen LogP) is 4.11. The van der Waals surface area contributed by atoms with Crippen LogP contribution in [0.15, 0.2) is 47.4 Å². The van der Waals surface area contributed by atoms with E-state index < -0.39 is 0 Å². The molecule has 1 saturated heterocycles. The largest absolute Gasteiger partial charge is 0.496 e. The fourth-order valence-corrected chi connectivity index (χ4v) is 3.96. The first-order valence-corrected chi connectivity index (χ1v) is 9.39. The molecule has 0 aromatic heterocycles. The van der Waals surface area contributed by atoms with Gasteiger partial charge in [-0.05, 0) is 17.7 Å². The molecular weight excluding hydrogens is 382 g/mol. The summed E-state index contributed by atoms with van der Waals surface area (Å²) < 4.78 is 16.6. The number of benzene rings is 2. The Morgan fingerprint density at radius 3 is 2.26 bits per heavy atom. The molecule has 0 aliphatic carbocycles. The Labute approximate surface area is 167 Å². The highest BCUT2D eigenvalue weighted by molar-refractivity contribution is 8.26. The van der Waals surface area contributed by atoms with Crippen molar-refractivity contribution in [1.82, 2.24) is 4.90 Å². The molecule has 1 aliphatic rings. The van der Waals surface area contributed by atoms with Crippen LogP contribution in [0.25, 0.3) is 6.08 Å². The number of ether oxygens (including phenoxy) is 3. The Morgan fingerprint density at radius 2 is 1.63 bits per heavy atom. The standard InChI is InChI=1S/C20H19NO4S2/c1-23-15-11-17(25-3)16(24-2)9-14(15)10-18-19(22)21(20(26)27-18)12-13-7-5-4-6-8-13/h4-11H,12H2,1-3H3/b18-10+. The zero-order chi connectivity index (χ0) is 19.4. The monoisotopic (exact) mass is 401 g/mol. The quantitative estimate of drug-likeness (QED) is 0.536. The third kappa shape index (κ3) is 4.09. The van der Waals surface area contributed by atoms with Gasteiger partial charge in [0.2, 0.25) is 0 Å². The van der Waals surface area contributed by atoms with E-state index >= 15 is 0 Å². The summed E-state index contributed by atoms with van der Waals surface area (Å²) in [7, 11) is 4.69. The number of methoxy groups -OCH3 is 3. The van der Waals surface area contributed by atoms with Crippen molar-refractivity contribution >= 4 is 40.3 Å². The van der Waals surface area contributed by atoms with E-state index in [9.17, 15) is 4.79 Å². The van der Waals surface area contributed by atoms with Gasteiger partial charge in [-0.15, -0.1) is 0 Å². The number of hydrogen-bond donors (Lipinski definition) is 0. The number of thioether (sulfide) groups is 1. The third-order valence-corrected chi connectivity index (χ3v) is 5.46. The van der Waals surface area contributed by atoms with Crippen molar-refractivity contribution in [1.29, 1.82) is 0 Å². The average Bonchev–Trinajstić information content (AvgIpc) is 2.95. The highest BCUT2D eigenvalue weighted by atomic mass is 32.2. The summed E-state index contributed by atoms with van der Waals surface area (Å²) in [4.78, 5) is 15.0. The van der Waals surface area contributed by atoms with Crippen molar-refractivity contribution in [3.05, 3.63) is 58.5 Å². The molecule has 2 aromatic rings. The SMILES string of the molecule is COc1cc(OC)c(OC)cc1/C=C1/SC(=S)N(Cc2ccccc2)C1=O. The molecule has 0 unspecified atom stereocenters. The fourth-order valence-electron chi connectivity index (χ4n) is 2.71. The Hall–Kier alpha value is -2.51. The minimum absolute atomic E-state index is 0.120. The first-order valence-electron chi connectivity index (χ1n) is 8.16. The van der Waals surface area contributed by atoms with Gasteiger partial charge >= 0.3 is 0 Å². The highest BCUT2D eigenvalue weighted by Crippen LogP contribution is 2.39. The van der Waals surface area contributed by atoms with Crippen molar-refractivity contribution in [3.8, 4) is 17.2 Å². The van der Waals surface area contributed by atoms with Gasteiger partial charge in [-0.25, -0.2) is 0 Å². The maximum absolute atomic E-state index is 12.9. The topological polar surface area (TPSA) is 48.0 Å². The van der Waals surface area contributed by atoms with E-state index in [0.29, 0.717) is 33.0 Å². The van der Waals surface area contributed by atoms with E-state index in [-0.39, 0.29) is 5.91 Å². The highest BCUT2D eigenvalue weighted by Gasteiger charge is 2.32. The van der Waals surface area contributed by atoms with Crippen LogP contribution < -0.4 is 14.2 Å². The molecule has 0 N–H and O–H groups in total. The molecule has 1 heterocycles. The number of hydrogen-bond acceptors (Lipinski definition) is 6. The van der Waals surface area contributed by atoms with Gasteiger partial charge in [0.15, 0.2) is 11.5 Å². The molecule has 5 nitrogen and oxygen atoms in total. The average molecular weight is 402 g/mol. The molecule has 0 bridgehead atoms. The second kappa shape index (κ2) is 8.45. The summed E-state index contributed by atoms with van der Waals surface area (Å²) >= 11 is 6.69. The van der Waals surface area contributed by atoms with Crippen LogP contribution in [0.2, 0.25) is 0 Å². The van der Waals surface area contributed by atoms with Crippen LogP contribution in [0, 0.1) is 0 Å². The maximum atomic E-state index is 12.9. The lowest BCUT2D eigenvalue weighted by molar-refractivity contribution is -0.122. The number of nitrogens with zero attached hydrogens (tertiary/aromatic N) is 1. The van der Waals surface area contributed by atoms with Crippen LogP contribution in [-0.4, -0.2) is 36.5 Å². The molecule has 140 valence electrons. The van der Waals surface area contributed by atoms with Crippen molar-refractivity contribution < 1.29 is 19.0 Å². The smallest absolute Gasteiger partial charge is 0.266 e. The van der Waals surface area contributed by atoms with Crippen LogP contribution in [0.3, 0.4) is 0 Å². The van der Waals surface area contributed by atoms with E-state index in [4.69, 9.17) is 26.4 Å². The number of carbonyl (C=O) groups excluding carboxylic acids is 1. The Balaban J connectivity index is 1.91. The zero-order valence-corrected chi connectivity index (χ0v) is 16.9. The molecule has 1 fully saturated rings. The van der Waals surface area contributed by atoms with Gasteiger partial charge in [-0.2, -0.15) is 0 Å². The van der Waals surface area contributed by atoms with E-state index in [1.54, 1.807) is 44.4 Å².